The third-order valence-corrected chi connectivity index (χ3v) is 3.75. The van der Waals surface area contributed by atoms with Crippen LogP contribution in [0.2, 0.25) is 0 Å². The molecule has 0 saturated heterocycles. The standard InChI is InChI=1S/C14H15F2N/c1-7-3-8(2)13-10-5-9(15)6-11(16)14(10)17-12(13)4-7/h5-8,17H,3-4H2,1-2H3. The van der Waals surface area contributed by atoms with E-state index in [0.717, 1.165) is 35.6 Å². The fraction of sp³-hybridized carbons (Fsp3) is 0.429. The van der Waals surface area contributed by atoms with Gasteiger partial charge in [0.25, 0.3) is 0 Å². The Bertz CT molecular complexity index is 585. The maximum Gasteiger partial charge on any atom is 0.150 e. The van der Waals surface area contributed by atoms with Crippen molar-refractivity contribution in [1.82, 2.24) is 4.98 Å². The maximum atomic E-state index is 13.7. The largest absolute Gasteiger partial charge is 0.356 e. The Balaban J connectivity index is 2.32. The summed E-state index contributed by atoms with van der Waals surface area (Å²) in [5.41, 5.74) is 2.64. The van der Waals surface area contributed by atoms with Gasteiger partial charge in [-0.1, -0.05) is 13.8 Å². The fourth-order valence-electron chi connectivity index (χ4n) is 3.17. The lowest BCUT2D eigenvalue weighted by Gasteiger charge is -2.24. The lowest BCUT2D eigenvalue weighted by molar-refractivity contribution is 0.448. The van der Waals surface area contributed by atoms with Crippen molar-refractivity contribution >= 4 is 10.9 Å². The minimum Gasteiger partial charge on any atom is -0.356 e. The molecule has 0 amide bonds. The minimum absolute atomic E-state index is 0.365. The fourth-order valence-corrected chi connectivity index (χ4v) is 3.17. The molecule has 1 heterocycles. The summed E-state index contributed by atoms with van der Waals surface area (Å²) in [6.45, 7) is 4.33. The van der Waals surface area contributed by atoms with Crippen molar-refractivity contribution in [2.75, 3.05) is 0 Å². The molecule has 2 aromatic rings. The summed E-state index contributed by atoms with van der Waals surface area (Å²) in [7, 11) is 0. The lowest BCUT2D eigenvalue weighted by Crippen LogP contribution is -2.13. The summed E-state index contributed by atoms with van der Waals surface area (Å²) in [5, 5.41) is 0.719. The van der Waals surface area contributed by atoms with Crippen LogP contribution in [0.15, 0.2) is 12.1 Å². The van der Waals surface area contributed by atoms with E-state index in [4.69, 9.17) is 0 Å². The van der Waals surface area contributed by atoms with Crippen LogP contribution in [0.5, 0.6) is 0 Å². The zero-order valence-electron chi connectivity index (χ0n) is 9.98. The van der Waals surface area contributed by atoms with E-state index in [1.54, 1.807) is 0 Å². The van der Waals surface area contributed by atoms with Crippen LogP contribution in [-0.4, -0.2) is 4.98 Å². The Hall–Kier alpha value is -1.38. The van der Waals surface area contributed by atoms with E-state index in [0.29, 0.717) is 17.4 Å². The third kappa shape index (κ3) is 1.56. The molecule has 17 heavy (non-hydrogen) atoms. The van der Waals surface area contributed by atoms with Crippen molar-refractivity contribution in [1.29, 1.82) is 0 Å². The van der Waals surface area contributed by atoms with Gasteiger partial charge in [-0.2, -0.15) is 0 Å². The van der Waals surface area contributed by atoms with Crippen LogP contribution in [0.3, 0.4) is 0 Å². The molecule has 2 unspecified atom stereocenters. The van der Waals surface area contributed by atoms with Gasteiger partial charge >= 0.3 is 0 Å². The Morgan fingerprint density at radius 1 is 1.24 bits per heavy atom. The number of halogens is 2. The first-order valence-corrected chi connectivity index (χ1v) is 6.05. The van der Waals surface area contributed by atoms with Crippen molar-refractivity contribution in [3.05, 3.63) is 35.0 Å². The number of fused-ring (bicyclic) bond motifs is 3. The van der Waals surface area contributed by atoms with Crippen molar-refractivity contribution in [2.45, 2.75) is 32.6 Å². The van der Waals surface area contributed by atoms with E-state index >= 15 is 0 Å². The summed E-state index contributed by atoms with van der Waals surface area (Å²) in [5.74, 6) is -0.0287. The lowest BCUT2D eigenvalue weighted by atomic mass is 9.81. The predicted molar refractivity (Wildman–Crippen MR) is 64.1 cm³/mol. The van der Waals surface area contributed by atoms with Crippen molar-refractivity contribution in [3.8, 4) is 0 Å². The maximum absolute atomic E-state index is 13.7. The molecule has 1 aliphatic carbocycles. The monoisotopic (exact) mass is 235 g/mol. The molecule has 1 aromatic heterocycles. The third-order valence-electron chi connectivity index (χ3n) is 3.75. The van der Waals surface area contributed by atoms with Crippen molar-refractivity contribution in [2.24, 2.45) is 5.92 Å². The van der Waals surface area contributed by atoms with Crippen molar-refractivity contribution in [3.63, 3.8) is 0 Å². The molecule has 2 atom stereocenters. The van der Waals surface area contributed by atoms with Gasteiger partial charge in [0.2, 0.25) is 0 Å². The smallest absolute Gasteiger partial charge is 0.150 e. The zero-order valence-corrected chi connectivity index (χ0v) is 9.98. The minimum atomic E-state index is -0.498. The zero-order chi connectivity index (χ0) is 12.2. The molecule has 0 spiro atoms. The first-order chi connectivity index (χ1) is 8.06. The molecule has 1 nitrogen and oxygen atoms in total. The summed E-state index contributed by atoms with van der Waals surface area (Å²) in [6, 6.07) is 2.39. The highest BCUT2D eigenvalue weighted by atomic mass is 19.1. The molecular weight excluding hydrogens is 220 g/mol. The van der Waals surface area contributed by atoms with Crippen molar-refractivity contribution < 1.29 is 8.78 Å². The highest BCUT2D eigenvalue weighted by molar-refractivity contribution is 5.86. The Morgan fingerprint density at radius 2 is 2.00 bits per heavy atom. The first kappa shape index (κ1) is 10.8. The molecule has 3 heteroatoms. The number of hydrogen-bond acceptors (Lipinski definition) is 0. The Labute approximate surface area is 98.8 Å². The molecule has 0 aliphatic heterocycles. The average molecular weight is 235 g/mol. The average Bonchev–Trinajstić information content (AvgIpc) is 2.56. The van der Waals surface area contributed by atoms with E-state index in [1.165, 1.54) is 6.07 Å². The van der Waals surface area contributed by atoms with Gasteiger partial charge < -0.3 is 4.98 Å². The summed E-state index contributed by atoms with van der Waals surface area (Å²) in [6.07, 6.45) is 2.01. The van der Waals surface area contributed by atoms with E-state index in [2.05, 4.69) is 18.8 Å². The summed E-state index contributed by atoms with van der Waals surface area (Å²) in [4.78, 5) is 3.13. The summed E-state index contributed by atoms with van der Waals surface area (Å²) < 4.78 is 27.0. The highest BCUT2D eigenvalue weighted by Crippen LogP contribution is 2.39. The molecule has 90 valence electrons. The summed E-state index contributed by atoms with van der Waals surface area (Å²) >= 11 is 0. The highest BCUT2D eigenvalue weighted by Gasteiger charge is 2.26. The van der Waals surface area contributed by atoms with Crippen LogP contribution in [-0.2, 0) is 6.42 Å². The topological polar surface area (TPSA) is 15.8 Å². The van der Waals surface area contributed by atoms with Crippen LogP contribution in [0.25, 0.3) is 10.9 Å². The molecular formula is C14H15F2N. The van der Waals surface area contributed by atoms with Crippen LogP contribution in [0.1, 0.15) is 37.4 Å². The van der Waals surface area contributed by atoms with Crippen LogP contribution in [0, 0.1) is 17.6 Å². The van der Waals surface area contributed by atoms with Crippen LogP contribution >= 0.6 is 0 Å². The first-order valence-electron chi connectivity index (χ1n) is 6.05. The molecule has 0 saturated carbocycles. The van der Waals surface area contributed by atoms with Gasteiger partial charge in [-0.3, -0.25) is 0 Å². The predicted octanol–water partition coefficient (Wildman–Crippen LogP) is 4.13. The van der Waals surface area contributed by atoms with E-state index < -0.39 is 11.6 Å². The van der Waals surface area contributed by atoms with E-state index in [9.17, 15) is 8.78 Å². The normalized spacial score (nSPS) is 24.0. The number of aromatic amines is 1. The van der Waals surface area contributed by atoms with Gasteiger partial charge in [0, 0.05) is 17.1 Å². The number of hydrogen-bond donors (Lipinski definition) is 1. The van der Waals surface area contributed by atoms with Gasteiger partial charge in [-0.25, -0.2) is 8.78 Å². The molecule has 1 aromatic carbocycles. The van der Waals surface area contributed by atoms with E-state index in [-0.39, 0.29) is 0 Å². The van der Waals surface area contributed by atoms with Gasteiger partial charge in [0.1, 0.15) is 11.6 Å². The number of benzene rings is 1. The second kappa shape index (κ2) is 3.56. The number of nitrogens with one attached hydrogen (secondary N) is 1. The SMILES string of the molecule is CC1Cc2[nH]c3c(F)cc(F)cc3c2C(C)C1. The molecule has 0 bridgehead atoms. The molecule has 1 aliphatic rings. The Kier molecular flexibility index (Phi) is 2.25. The van der Waals surface area contributed by atoms with E-state index in [1.807, 2.05) is 0 Å². The van der Waals surface area contributed by atoms with Gasteiger partial charge in [-0.15, -0.1) is 0 Å². The van der Waals surface area contributed by atoms with Crippen LogP contribution < -0.4 is 0 Å². The molecule has 1 N–H and O–H groups in total. The van der Waals surface area contributed by atoms with Crippen LogP contribution in [0.4, 0.5) is 8.78 Å². The quantitative estimate of drug-likeness (QED) is 0.706. The number of H-pyrrole nitrogens is 1. The molecule has 0 fully saturated rings. The molecule has 3 rings (SSSR count). The second-order valence-electron chi connectivity index (χ2n) is 5.27. The van der Waals surface area contributed by atoms with Gasteiger partial charge in [-0.05, 0) is 36.3 Å². The van der Waals surface area contributed by atoms with Gasteiger partial charge in [0.15, 0.2) is 0 Å². The Morgan fingerprint density at radius 3 is 2.76 bits per heavy atom. The second-order valence-corrected chi connectivity index (χ2v) is 5.27. The molecule has 0 radical (unpaired) electrons. The number of rotatable bonds is 0. The number of aromatic nitrogens is 1. The van der Waals surface area contributed by atoms with Gasteiger partial charge in [0.05, 0.1) is 5.52 Å².